The Kier molecular flexibility index (Phi) is 4.82. The molecule has 2 heterocycles. The van der Waals surface area contributed by atoms with Gasteiger partial charge >= 0.3 is 0 Å². The summed E-state index contributed by atoms with van der Waals surface area (Å²) in [5.41, 5.74) is 7.90. The van der Waals surface area contributed by atoms with Crippen molar-refractivity contribution in [2.75, 3.05) is 4.90 Å². The molecule has 9 rings (SSSR count). The molecule has 0 unspecified atom stereocenters. The monoisotopic (exact) mass is 539 g/mol. The third-order valence-electron chi connectivity index (χ3n) is 8.47. The molecule has 0 aliphatic rings. The zero-order valence-electron chi connectivity index (χ0n) is 23.0. The highest BCUT2D eigenvalue weighted by atomic mass is 16.3. The molecule has 3 nitrogen and oxygen atoms in total. The number of furan rings is 2. The molecule has 0 aliphatic heterocycles. The van der Waals surface area contributed by atoms with E-state index in [2.05, 4.69) is 133 Å². The second kappa shape index (κ2) is 8.73. The molecule has 0 amide bonds. The summed E-state index contributed by atoms with van der Waals surface area (Å²) in [5, 5.41) is 9.30. The molecule has 2 aromatic heterocycles. The van der Waals surface area contributed by atoms with Crippen molar-refractivity contribution in [3.63, 3.8) is 0 Å². The van der Waals surface area contributed by atoms with E-state index in [1.54, 1.807) is 0 Å². The van der Waals surface area contributed by atoms with Crippen LogP contribution in [0.15, 0.2) is 142 Å². The van der Waals surface area contributed by atoms with Gasteiger partial charge in [-0.2, -0.15) is 0 Å². The first kappa shape index (κ1) is 23.2. The summed E-state index contributed by atoms with van der Waals surface area (Å²) in [7, 11) is 0. The van der Waals surface area contributed by atoms with Gasteiger partial charge in [0.05, 0.1) is 5.69 Å². The van der Waals surface area contributed by atoms with Crippen molar-refractivity contribution in [1.82, 2.24) is 0 Å². The molecule has 9 aromatic rings. The van der Waals surface area contributed by atoms with E-state index in [0.717, 1.165) is 66.3 Å². The summed E-state index contributed by atoms with van der Waals surface area (Å²) in [6, 6.07) is 47.1. The van der Waals surface area contributed by atoms with Crippen LogP contribution in [0.25, 0.3) is 65.4 Å². The summed E-state index contributed by atoms with van der Waals surface area (Å²) in [6.07, 6.45) is 0. The average Bonchev–Trinajstić information content (AvgIpc) is 3.59. The van der Waals surface area contributed by atoms with Crippen molar-refractivity contribution in [2.24, 2.45) is 0 Å². The van der Waals surface area contributed by atoms with Crippen LogP contribution in [0.4, 0.5) is 17.1 Å². The number of nitrogens with zero attached hydrogens (tertiary/aromatic N) is 1. The van der Waals surface area contributed by atoms with Crippen molar-refractivity contribution in [3.05, 3.63) is 139 Å². The van der Waals surface area contributed by atoms with Crippen LogP contribution in [0.2, 0.25) is 0 Å². The predicted molar refractivity (Wildman–Crippen MR) is 175 cm³/mol. The zero-order valence-corrected chi connectivity index (χ0v) is 23.0. The molecule has 42 heavy (non-hydrogen) atoms. The standard InChI is InChI=1S/C39H25NO2/c1-24-9-8-11-26(21-24)40(27-18-19-31-30-14-6-7-16-34(30)41-36(31)22-27)33-23-37-39(32-15-5-4-13-29(32)33)38-28-12-3-2-10-25(28)17-20-35(38)42-37/h2-23H,1H3. The van der Waals surface area contributed by atoms with Gasteiger partial charge in [-0.1, -0.05) is 84.9 Å². The van der Waals surface area contributed by atoms with Crippen molar-refractivity contribution < 1.29 is 8.83 Å². The number of hydrogen-bond donors (Lipinski definition) is 0. The van der Waals surface area contributed by atoms with E-state index in [4.69, 9.17) is 8.83 Å². The van der Waals surface area contributed by atoms with E-state index in [1.165, 1.54) is 21.7 Å². The van der Waals surface area contributed by atoms with Crippen LogP contribution in [0, 0.1) is 6.92 Å². The van der Waals surface area contributed by atoms with Crippen LogP contribution in [0.3, 0.4) is 0 Å². The number of rotatable bonds is 3. The molecule has 0 fully saturated rings. The molecule has 0 radical (unpaired) electrons. The number of aryl methyl sites for hydroxylation is 1. The van der Waals surface area contributed by atoms with Crippen LogP contribution in [0.1, 0.15) is 5.56 Å². The Morgan fingerprint density at radius 1 is 0.429 bits per heavy atom. The molecule has 0 saturated heterocycles. The van der Waals surface area contributed by atoms with Gasteiger partial charge in [-0.3, -0.25) is 0 Å². The molecular formula is C39H25NO2. The largest absolute Gasteiger partial charge is 0.456 e. The normalized spacial score (nSPS) is 11.9. The van der Waals surface area contributed by atoms with E-state index in [-0.39, 0.29) is 0 Å². The Balaban J connectivity index is 1.38. The lowest BCUT2D eigenvalue weighted by atomic mass is 9.98. The molecule has 0 saturated carbocycles. The Morgan fingerprint density at radius 3 is 2.00 bits per heavy atom. The van der Waals surface area contributed by atoms with Gasteiger partial charge in [0.15, 0.2) is 0 Å². The molecule has 0 spiro atoms. The molecule has 3 heteroatoms. The topological polar surface area (TPSA) is 29.5 Å². The second-order valence-electron chi connectivity index (χ2n) is 11.0. The minimum atomic E-state index is 0.868. The molecule has 7 aromatic carbocycles. The van der Waals surface area contributed by atoms with Crippen molar-refractivity contribution in [2.45, 2.75) is 6.92 Å². The fourth-order valence-electron chi connectivity index (χ4n) is 6.62. The summed E-state index contributed by atoms with van der Waals surface area (Å²) in [4.78, 5) is 2.33. The Morgan fingerprint density at radius 2 is 1.12 bits per heavy atom. The van der Waals surface area contributed by atoms with Gasteiger partial charge in [-0.25, -0.2) is 0 Å². The maximum absolute atomic E-state index is 6.62. The first-order chi connectivity index (χ1) is 20.7. The highest BCUT2D eigenvalue weighted by Gasteiger charge is 2.22. The van der Waals surface area contributed by atoms with Crippen molar-refractivity contribution in [1.29, 1.82) is 0 Å². The first-order valence-electron chi connectivity index (χ1n) is 14.3. The SMILES string of the molecule is Cc1cccc(N(c2ccc3c(c2)oc2ccccc23)c2cc3oc4ccc5ccccc5c4c3c3ccccc23)c1. The van der Waals surface area contributed by atoms with Crippen LogP contribution in [-0.2, 0) is 0 Å². The van der Waals surface area contributed by atoms with E-state index in [9.17, 15) is 0 Å². The summed E-state index contributed by atoms with van der Waals surface area (Å²) >= 11 is 0. The average molecular weight is 540 g/mol. The second-order valence-corrected chi connectivity index (χ2v) is 11.0. The molecular weight excluding hydrogens is 514 g/mol. The van der Waals surface area contributed by atoms with Crippen LogP contribution >= 0.6 is 0 Å². The van der Waals surface area contributed by atoms with Crippen molar-refractivity contribution >= 4 is 82.5 Å². The quantitative estimate of drug-likeness (QED) is 0.224. The van der Waals surface area contributed by atoms with Gasteiger partial charge in [0.25, 0.3) is 0 Å². The van der Waals surface area contributed by atoms with Crippen molar-refractivity contribution in [3.8, 4) is 0 Å². The Hall–Kier alpha value is -5.54. The number of para-hydroxylation sites is 1. The molecule has 0 bridgehead atoms. The fourth-order valence-corrected chi connectivity index (χ4v) is 6.62. The van der Waals surface area contributed by atoms with E-state index in [0.29, 0.717) is 0 Å². The summed E-state index contributed by atoms with van der Waals surface area (Å²) in [5.74, 6) is 0. The van der Waals surface area contributed by atoms with Crippen LogP contribution < -0.4 is 4.90 Å². The lowest BCUT2D eigenvalue weighted by molar-refractivity contribution is 0.669. The highest BCUT2D eigenvalue weighted by molar-refractivity contribution is 6.28. The van der Waals surface area contributed by atoms with E-state index >= 15 is 0 Å². The molecule has 0 N–H and O–H groups in total. The van der Waals surface area contributed by atoms with Crippen LogP contribution in [0.5, 0.6) is 0 Å². The minimum absolute atomic E-state index is 0.868. The third kappa shape index (κ3) is 3.34. The summed E-state index contributed by atoms with van der Waals surface area (Å²) in [6.45, 7) is 2.13. The van der Waals surface area contributed by atoms with Crippen LogP contribution in [-0.4, -0.2) is 0 Å². The molecule has 0 aliphatic carbocycles. The van der Waals surface area contributed by atoms with Gasteiger partial charge in [0.1, 0.15) is 22.3 Å². The fraction of sp³-hybridized carbons (Fsp3) is 0.0256. The highest BCUT2D eigenvalue weighted by Crippen LogP contribution is 2.46. The number of benzene rings is 7. The smallest absolute Gasteiger partial charge is 0.138 e. The van der Waals surface area contributed by atoms with E-state index in [1.807, 2.05) is 12.1 Å². The van der Waals surface area contributed by atoms with E-state index < -0.39 is 0 Å². The van der Waals surface area contributed by atoms with Gasteiger partial charge in [0.2, 0.25) is 0 Å². The van der Waals surface area contributed by atoms with Gasteiger partial charge in [0, 0.05) is 50.4 Å². The number of fused-ring (bicyclic) bond motifs is 10. The maximum Gasteiger partial charge on any atom is 0.138 e. The summed E-state index contributed by atoms with van der Waals surface area (Å²) < 4.78 is 13.0. The Bertz CT molecular complexity index is 2500. The lowest BCUT2D eigenvalue weighted by Gasteiger charge is -2.27. The maximum atomic E-state index is 6.62. The van der Waals surface area contributed by atoms with Gasteiger partial charge < -0.3 is 13.7 Å². The minimum Gasteiger partial charge on any atom is -0.456 e. The zero-order chi connectivity index (χ0) is 27.8. The third-order valence-corrected chi connectivity index (χ3v) is 8.47. The molecule has 0 atom stereocenters. The van der Waals surface area contributed by atoms with Gasteiger partial charge in [-0.05, 0) is 65.0 Å². The number of hydrogen-bond acceptors (Lipinski definition) is 3. The lowest BCUT2D eigenvalue weighted by Crippen LogP contribution is -2.10. The van der Waals surface area contributed by atoms with Gasteiger partial charge in [-0.15, -0.1) is 0 Å². The number of anilines is 3. The first-order valence-corrected chi connectivity index (χ1v) is 14.3. The Labute approximate surface area is 241 Å². The molecule has 198 valence electrons. The predicted octanol–water partition coefficient (Wildman–Crippen LogP) is 11.6.